The lowest BCUT2D eigenvalue weighted by atomic mass is 10.1. The summed E-state index contributed by atoms with van der Waals surface area (Å²) in [4.78, 5) is 28.3. The summed E-state index contributed by atoms with van der Waals surface area (Å²) >= 11 is 3.39. The molecule has 1 fully saturated rings. The predicted molar refractivity (Wildman–Crippen MR) is 92.3 cm³/mol. The lowest BCUT2D eigenvalue weighted by molar-refractivity contribution is 0.0535. The largest absolute Gasteiger partial charge is 0.335 e. The van der Waals surface area contributed by atoms with Crippen LogP contribution >= 0.6 is 15.9 Å². The second-order valence-corrected chi connectivity index (χ2v) is 6.43. The van der Waals surface area contributed by atoms with Gasteiger partial charge in [0, 0.05) is 36.2 Å². The minimum Gasteiger partial charge on any atom is -0.335 e. The molecule has 1 aliphatic heterocycles. The lowest BCUT2D eigenvalue weighted by Crippen LogP contribution is -2.50. The zero-order valence-electron chi connectivity index (χ0n) is 12.9. The number of amides is 2. The molecule has 0 bridgehead atoms. The van der Waals surface area contributed by atoms with Crippen LogP contribution in [-0.2, 0) is 0 Å². The molecule has 2 aromatic carbocycles. The van der Waals surface area contributed by atoms with Crippen LogP contribution in [0.25, 0.3) is 0 Å². The van der Waals surface area contributed by atoms with Crippen molar-refractivity contribution in [3.63, 3.8) is 0 Å². The van der Waals surface area contributed by atoms with Gasteiger partial charge in [0.25, 0.3) is 11.8 Å². The van der Waals surface area contributed by atoms with Crippen LogP contribution in [0, 0.1) is 5.82 Å². The summed E-state index contributed by atoms with van der Waals surface area (Å²) in [6, 6.07) is 13.0. The van der Waals surface area contributed by atoms with Gasteiger partial charge in [-0.3, -0.25) is 9.59 Å². The highest BCUT2D eigenvalue weighted by molar-refractivity contribution is 9.10. The van der Waals surface area contributed by atoms with Crippen molar-refractivity contribution in [2.75, 3.05) is 26.2 Å². The number of benzene rings is 2. The van der Waals surface area contributed by atoms with Crippen LogP contribution in [0.15, 0.2) is 53.0 Å². The fourth-order valence-electron chi connectivity index (χ4n) is 2.72. The summed E-state index contributed by atoms with van der Waals surface area (Å²) < 4.78 is 14.0. The molecule has 4 nitrogen and oxygen atoms in total. The number of carbonyl (C=O) groups is 2. The summed E-state index contributed by atoms with van der Waals surface area (Å²) in [5.74, 6) is -0.689. The Morgan fingerprint density at radius 2 is 1.50 bits per heavy atom. The number of halogens is 2. The van der Waals surface area contributed by atoms with Gasteiger partial charge >= 0.3 is 0 Å². The van der Waals surface area contributed by atoms with E-state index in [0.717, 1.165) is 4.47 Å². The van der Waals surface area contributed by atoms with Crippen LogP contribution in [0.4, 0.5) is 4.39 Å². The maximum Gasteiger partial charge on any atom is 0.255 e. The highest BCUT2D eigenvalue weighted by Gasteiger charge is 2.26. The first-order chi connectivity index (χ1) is 11.6. The van der Waals surface area contributed by atoms with E-state index < -0.39 is 5.82 Å². The van der Waals surface area contributed by atoms with Crippen molar-refractivity contribution >= 4 is 27.7 Å². The van der Waals surface area contributed by atoms with E-state index in [1.807, 2.05) is 18.2 Å². The lowest BCUT2D eigenvalue weighted by Gasteiger charge is -2.35. The number of hydrogen-bond donors (Lipinski definition) is 0. The highest BCUT2D eigenvalue weighted by atomic mass is 79.9. The van der Waals surface area contributed by atoms with E-state index in [1.165, 1.54) is 18.2 Å². The summed E-state index contributed by atoms with van der Waals surface area (Å²) in [6.07, 6.45) is 0. The quantitative estimate of drug-likeness (QED) is 0.789. The highest BCUT2D eigenvalue weighted by Crippen LogP contribution is 2.19. The molecular weight excluding hydrogens is 375 g/mol. The minimum atomic E-state index is -0.427. The van der Waals surface area contributed by atoms with E-state index in [0.29, 0.717) is 37.3 Å². The molecule has 0 saturated carbocycles. The second-order valence-electron chi connectivity index (χ2n) is 5.57. The molecule has 0 unspecified atom stereocenters. The Kier molecular flexibility index (Phi) is 4.94. The van der Waals surface area contributed by atoms with Crippen molar-refractivity contribution in [1.82, 2.24) is 9.80 Å². The van der Waals surface area contributed by atoms with Crippen LogP contribution in [0.5, 0.6) is 0 Å². The van der Waals surface area contributed by atoms with Gasteiger partial charge in [0.15, 0.2) is 0 Å². The summed E-state index contributed by atoms with van der Waals surface area (Å²) in [6.45, 7) is 1.79. The topological polar surface area (TPSA) is 40.6 Å². The molecule has 6 heteroatoms. The molecule has 0 N–H and O–H groups in total. The van der Waals surface area contributed by atoms with E-state index in [9.17, 15) is 14.0 Å². The van der Waals surface area contributed by atoms with Gasteiger partial charge in [0.2, 0.25) is 0 Å². The van der Waals surface area contributed by atoms with Gasteiger partial charge in [-0.25, -0.2) is 4.39 Å². The molecule has 0 atom stereocenters. The first-order valence-electron chi connectivity index (χ1n) is 7.65. The van der Waals surface area contributed by atoms with E-state index in [4.69, 9.17) is 0 Å². The van der Waals surface area contributed by atoms with Crippen molar-refractivity contribution in [2.24, 2.45) is 0 Å². The first-order valence-corrected chi connectivity index (χ1v) is 8.44. The van der Waals surface area contributed by atoms with Gasteiger partial charge < -0.3 is 9.80 Å². The predicted octanol–water partition coefficient (Wildman–Crippen LogP) is 3.19. The number of nitrogens with zero attached hydrogens (tertiary/aromatic N) is 2. The molecule has 0 aromatic heterocycles. The van der Waals surface area contributed by atoms with Crippen molar-refractivity contribution in [3.8, 4) is 0 Å². The summed E-state index contributed by atoms with van der Waals surface area (Å²) in [7, 11) is 0. The van der Waals surface area contributed by atoms with Crippen LogP contribution in [0.1, 0.15) is 20.7 Å². The van der Waals surface area contributed by atoms with Gasteiger partial charge in [0.05, 0.1) is 5.56 Å². The van der Waals surface area contributed by atoms with Crippen molar-refractivity contribution in [3.05, 3.63) is 69.9 Å². The zero-order valence-corrected chi connectivity index (χ0v) is 14.5. The Hall–Kier alpha value is -2.21. The number of hydrogen-bond acceptors (Lipinski definition) is 2. The van der Waals surface area contributed by atoms with Gasteiger partial charge in [-0.05, 0) is 46.3 Å². The monoisotopic (exact) mass is 390 g/mol. The third kappa shape index (κ3) is 3.48. The van der Waals surface area contributed by atoms with E-state index >= 15 is 0 Å². The molecule has 2 aromatic rings. The Bertz CT molecular complexity index is 773. The van der Waals surface area contributed by atoms with Crippen molar-refractivity contribution < 1.29 is 14.0 Å². The maximum absolute atomic E-state index is 13.3. The Balaban J connectivity index is 1.65. The molecule has 0 spiro atoms. The molecule has 24 heavy (non-hydrogen) atoms. The van der Waals surface area contributed by atoms with E-state index in [2.05, 4.69) is 15.9 Å². The molecular formula is C18H16BrFN2O2. The van der Waals surface area contributed by atoms with Crippen LogP contribution < -0.4 is 0 Å². The average Bonchev–Trinajstić information content (AvgIpc) is 2.61. The SMILES string of the molecule is O=C(c1cccc(F)c1)N1CCN(C(=O)c2ccccc2Br)CC1. The number of carbonyl (C=O) groups excluding carboxylic acids is 2. The molecule has 1 heterocycles. The van der Waals surface area contributed by atoms with Gasteiger partial charge in [-0.2, -0.15) is 0 Å². The first kappa shape index (κ1) is 16.6. The maximum atomic E-state index is 13.3. The zero-order chi connectivity index (χ0) is 17.1. The smallest absolute Gasteiger partial charge is 0.255 e. The third-order valence-electron chi connectivity index (χ3n) is 4.03. The molecule has 2 amide bonds. The third-order valence-corrected chi connectivity index (χ3v) is 4.72. The minimum absolute atomic E-state index is 0.0553. The summed E-state index contributed by atoms with van der Waals surface area (Å²) in [5.41, 5.74) is 0.947. The van der Waals surface area contributed by atoms with E-state index in [-0.39, 0.29) is 11.8 Å². The molecule has 3 rings (SSSR count). The van der Waals surface area contributed by atoms with Crippen molar-refractivity contribution in [1.29, 1.82) is 0 Å². The molecule has 0 radical (unpaired) electrons. The standard InChI is InChI=1S/C18H16BrFN2O2/c19-16-7-2-1-6-15(16)18(24)22-10-8-21(9-11-22)17(23)13-4-3-5-14(20)12-13/h1-7,12H,8-11H2. The molecule has 1 saturated heterocycles. The molecule has 1 aliphatic rings. The van der Waals surface area contributed by atoms with Crippen LogP contribution in [-0.4, -0.2) is 47.8 Å². The molecule has 0 aliphatic carbocycles. The van der Waals surface area contributed by atoms with Crippen molar-refractivity contribution in [2.45, 2.75) is 0 Å². The fraction of sp³-hybridized carbons (Fsp3) is 0.222. The Labute approximate surface area is 148 Å². The van der Waals surface area contributed by atoms with E-state index in [1.54, 1.807) is 21.9 Å². The fourth-order valence-corrected chi connectivity index (χ4v) is 3.18. The van der Waals surface area contributed by atoms with Crippen LogP contribution in [0.2, 0.25) is 0 Å². The van der Waals surface area contributed by atoms with Gasteiger partial charge in [0.1, 0.15) is 5.82 Å². The molecule has 124 valence electrons. The Morgan fingerprint density at radius 3 is 2.12 bits per heavy atom. The normalized spacial score (nSPS) is 14.6. The second kappa shape index (κ2) is 7.13. The number of rotatable bonds is 2. The van der Waals surface area contributed by atoms with Crippen LogP contribution in [0.3, 0.4) is 0 Å². The van der Waals surface area contributed by atoms with Gasteiger partial charge in [-0.1, -0.05) is 18.2 Å². The van der Waals surface area contributed by atoms with Gasteiger partial charge in [-0.15, -0.1) is 0 Å². The Morgan fingerprint density at radius 1 is 0.875 bits per heavy atom. The average molecular weight is 391 g/mol. The number of piperazine rings is 1. The summed E-state index contributed by atoms with van der Waals surface area (Å²) in [5, 5.41) is 0.